The fourth-order valence-corrected chi connectivity index (χ4v) is 11.4. The lowest BCUT2D eigenvalue weighted by molar-refractivity contribution is 0.402. The standard InChI is InChI=1S/C64H53N3O/c1-63(2)33-35-65-36-34-64(3,4)57-40-47(39-56(63)62(57)65)44-21-27-50(28-22-44)66(49-25-19-43(20-26-49)42-13-7-5-8-14-42)51-29-32-61-55(41-51)54-38-46(24-31-60(54)68-61)45-23-30-59-53(37-45)52-17-11-12-18-58(52)67(59)48-15-9-6-10-16-48/h5-32,37-41H,33-36H2,1-4H3. The molecular formula is C64H53N3O. The van der Waals surface area contributed by atoms with E-state index >= 15 is 0 Å². The van der Waals surface area contributed by atoms with Gasteiger partial charge in [-0.15, -0.1) is 0 Å². The maximum Gasteiger partial charge on any atom is 0.135 e. The molecule has 2 aromatic heterocycles. The van der Waals surface area contributed by atoms with Crippen LogP contribution in [0.15, 0.2) is 205 Å². The molecule has 68 heavy (non-hydrogen) atoms. The van der Waals surface area contributed by atoms with Gasteiger partial charge in [-0.1, -0.05) is 131 Å². The van der Waals surface area contributed by atoms with Gasteiger partial charge < -0.3 is 18.8 Å². The van der Waals surface area contributed by atoms with Crippen LogP contribution in [-0.2, 0) is 10.8 Å². The van der Waals surface area contributed by atoms with E-state index in [-0.39, 0.29) is 10.8 Å². The van der Waals surface area contributed by atoms with Gasteiger partial charge in [-0.2, -0.15) is 0 Å². The predicted molar refractivity (Wildman–Crippen MR) is 287 cm³/mol. The summed E-state index contributed by atoms with van der Waals surface area (Å²) in [6.45, 7) is 12.0. The molecule has 0 bridgehead atoms. The van der Waals surface area contributed by atoms with Crippen LogP contribution in [0.25, 0.3) is 82.8 Å². The van der Waals surface area contributed by atoms with Crippen LogP contribution in [0.2, 0.25) is 0 Å². The monoisotopic (exact) mass is 879 g/mol. The first-order valence-corrected chi connectivity index (χ1v) is 24.2. The molecule has 0 atom stereocenters. The zero-order chi connectivity index (χ0) is 45.7. The molecule has 0 N–H and O–H groups in total. The summed E-state index contributed by atoms with van der Waals surface area (Å²) < 4.78 is 8.94. The second-order valence-electron chi connectivity index (χ2n) is 20.4. The molecule has 0 unspecified atom stereocenters. The van der Waals surface area contributed by atoms with E-state index in [0.29, 0.717) is 0 Å². The second kappa shape index (κ2) is 15.4. The number of fused-ring (bicyclic) bond motifs is 6. The van der Waals surface area contributed by atoms with E-state index in [9.17, 15) is 0 Å². The summed E-state index contributed by atoms with van der Waals surface area (Å²) in [6, 6.07) is 73.4. The predicted octanol–water partition coefficient (Wildman–Crippen LogP) is 17.3. The number of hydrogen-bond acceptors (Lipinski definition) is 3. The van der Waals surface area contributed by atoms with Gasteiger partial charge in [0.05, 0.1) is 11.0 Å². The van der Waals surface area contributed by atoms with Crippen LogP contribution in [0.1, 0.15) is 51.7 Å². The molecule has 0 radical (unpaired) electrons. The molecule has 2 aliphatic heterocycles. The van der Waals surface area contributed by atoms with Crippen LogP contribution in [0.3, 0.4) is 0 Å². The van der Waals surface area contributed by atoms with Crippen LogP contribution in [0.5, 0.6) is 0 Å². The lowest BCUT2D eigenvalue weighted by Gasteiger charge is -2.48. The zero-order valence-corrected chi connectivity index (χ0v) is 39.1. The van der Waals surface area contributed by atoms with Crippen molar-refractivity contribution in [2.24, 2.45) is 0 Å². The molecule has 4 heterocycles. The number of rotatable bonds is 7. The van der Waals surface area contributed by atoms with E-state index in [1.165, 1.54) is 79.3 Å². The number of furan rings is 1. The first-order chi connectivity index (χ1) is 33.2. The average molecular weight is 880 g/mol. The Hall–Kier alpha value is -7.82. The maximum atomic E-state index is 6.57. The minimum atomic E-state index is 0.126. The van der Waals surface area contributed by atoms with Crippen LogP contribution < -0.4 is 9.80 Å². The van der Waals surface area contributed by atoms with Crippen molar-refractivity contribution in [3.05, 3.63) is 211 Å². The molecule has 9 aromatic carbocycles. The molecule has 13 rings (SSSR count). The molecule has 0 fully saturated rings. The fraction of sp³-hybridized carbons (Fsp3) is 0.156. The quantitative estimate of drug-likeness (QED) is 0.159. The summed E-state index contributed by atoms with van der Waals surface area (Å²) in [5.74, 6) is 0. The Morgan fingerprint density at radius 1 is 0.397 bits per heavy atom. The Kier molecular flexibility index (Phi) is 9.14. The molecule has 0 amide bonds. The number of para-hydroxylation sites is 2. The summed E-state index contributed by atoms with van der Waals surface area (Å²) in [5.41, 5.74) is 20.6. The van der Waals surface area contributed by atoms with Crippen molar-refractivity contribution in [3.63, 3.8) is 0 Å². The minimum Gasteiger partial charge on any atom is -0.456 e. The molecule has 0 aliphatic carbocycles. The minimum absolute atomic E-state index is 0.126. The van der Waals surface area contributed by atoms with Gasteiger partial charge >= 0.3 is 0 Å². The van der Waals surface area contributed by atoms with Crippen molar-refractivity contribution >= 4 is 66.5 Å². The summed E-state index contributed by atoms with van der Waals surface area (Å²) in [6.07, 6.45) is 2.35. The summed E-state index contributed by atoms with van der Waals surface area (Å²) in [4.78, 5) is 5.04. The summed E-state index contributed by atoms with van der Waals surface area (Å²) in [5, 5.41) is 4.67. The van der Waals surface area contributed by atoms with Gasteiger partial charge in [0.1, 0.15) is 11.2 Å². The van der Waals surface area contributed by atoms with Crippen molar-refractivity contribution in [3.8, 4) is 39.1 Å². The van der Waals surface area contributed by atoms with E-state index in [1.807, 2.05) is 0 Å². The van der Waals surface area contributed by atoms with E-state index in [1.54, 1.807) is 0 Å². The van der Waals surface area contributed by atoms with E-state index < -0.39 is 0 Å². The molecule has 0 saturated heterocycles. The number of aromatic nitrogens is 1. The Balaban J connectivity index is 0.917. The first kappa shape index (κ1) is 40.5. The van der Waals surface area contributed by atoms with Crippen LogP contribution >= 0.6 is 0 Å². The smallest absolute Gasteiger partial charge is 0.135 e. The van der Waals surface area contributed by atoms with Gasteiger partial charge in [0.2, 0.25) is 0 Å². The van der Waals surface area contributed by atoms with Crippen LogP contribution in [0, 0.1) is 0 Å². The number of nitrogens with zero attached hydrogens (tertiary/aromatic N) is 3. The molecule has 0 spiro atoms. The van der Waals surface area contributed by atoms with Gasteiger partial charge in [0.25, 0.3) is 0 Å². The van der Waals surface area contributed by atoms with Gasteiger partial charge in [-0.25, -0.2) is 0 Å². The Labute approximate surface area is 398 Å². The largest absolute Gasteiger partial charge is 0.456 e. The maximum absolute atomic E-state index is 6.57. The number of anilines is 4. The van der Waals surface area contributed by atoms with Gasteiger partial charge in [-0.05, 0) is 165 Å². The van der Waals surface area contributed by atoms with Gasteiger partial charge in [0.15, 0.2) is 0 Å². The lowest BCUT2D eigenvalue weighted by atomic mass is 9.69. The fourth-order valence-electron chi connectivity index (χ4n) is 11.4. The van der Waals surface area contributed by atoms with E-state index in [4.69, 9.17) is 4.42 Å². The van der Waals surface area contributed by atoms with E-state index in [2.05, 4.69) is 242 Å². The zero-order valence-electron chi connectivity index (χ0n) is 39.1. The van der Waals surface area contributed by atoms with Crippen molar-refractivity contribution < 1.29 is 4.42 Å². The highest BCUT2D eigenvalue weighted by molar-refractivity contribution is 6.12. The van der Waals surface area contributed by atoms with Crippen molar-refractivity contribution in [1.29, 1.82) is 0 Å². The molecule has 4 nitrogen and oxygen atoms in total. The third kappa shape index (κ3) is 6.57. The average Bonchev–Trinajstić information content (AvgIpc) is 3.91. The lowest BCUT2D eigenvalue weighted by Crippen LogP contribution is -2.44. The first-order valence-electron chi connectivity index (χ1n) is 24.2. The molecule has 11 aromatic rings. The van der Waals surface area contributed by atoms with E-state index in [0.717, 1.165) is 63.3 Å². The van der Waals surface area contributed by atoms with Crippen molar-refractivity contribution in [1.82, 2.24) is 4.57 Å². The highest BCUT2D eigenvalue weighted by atomic mass is 16.3. The molecule has 4 heteroatoms. The number of hydrogen-bond donors (Lipinski definition) is 0. The molecule has 2 aliphatic rings. The van der Waals surface area contributed by atoms with Crippen LogP contribution in [-0.4, -0.2) is 17.7 Å². The Morgan fingerprint density at radius 2 is 0.882 bits per heavy atom. The third-order valence-corrected chi connectivity index (χ3v) is 15.3. The Bertz CT molecular complexity index is 3690. The van der Waals surface area contributed by atoms with Crippen molar-refractivity contribution in [2.45, 2.75) is 51.4 Å². The highest BCUT2D eigenvalue weighted by Crippen LogP contribution is 2.51. The molecule has 330 valence electrons. The SMILES string of the molecule is CC1(C)CCN2CCC(C)(C)c3cc(-c4ccc(N(c5ccc(-c6ccccc6)cc5)c5ccc6oc7ccc(-c8ccc9c(c8)c8ccccc8n9-c8ccccc8)cc7c6c5)cc4)cc1c32. The number of benzene rings is 9. The topological polar surface area (TPSA) is 24.6 Å². The normalized spacial score (nSPS) is 15.0. The Morgan fingerprint density at radius 3 is 1.54 bits per heavy atom. The summed E-state index contributed by atoms with van der Waals surface area (Å²) >= 11 is 0. The second-order valence-corrected chi connectivity index (χ2v) is 20.4. The van der Waals surface area contributed by atoms with Gasteiger partial charge in [0, 0.05) is 63.1 Å². The highest BCUT2D eigenvalue weighted by Gasteiger charge is 2.40. The third-order valence-electron chi connectivity index (χ3n) is 15.3. The molecular weight excluding hydrogens is 827 g/mol. The summed E-state index contributed by atoms with van der Waals surface area (Å²) in [7, 11) is 0. The molecule has 0 saturated carbocycles. The van der Waals surface area contributed by atoms with Crippen molar-refractivity contribution in [2.75, 3.05) is 22.9 Å². The van der Waals surface area contributed by atoms with Gasteiger partial charge in [-0.3, -0.25) is 0 Å². The van der Waals surface area contributed by atoms with Crippen LogP contribution in [0.4, 0.5) is 22.7 Å².